The maximum atomic E-state index is 5.22. The molecule has 0 saturated heterocycles. The highest BCUT2D eigenvalue weighted by Gasteiger charge is 2.17. The Kier molecular flexibility index (Phi) is 3.16. The summed E-state index contributed by atoms with van der Waals surface area (Å²) in [5.41, 5.74) is 3.78. The lowest BCUT2D eigenvalue weighted by molar-refractivity contribution is 0.462. The van der Waals surface area contributed by atoms with Crippen molar-refractivity contribution in [3.8, 4) is 0 Å². The lowest BCUT2D eigenvalue weighted by Gasteiger charge is -2.08. The van der Waals surface area contributed by atoms with Gasteiger partial charge in [-0.25, -0.2) is 0 Å². The van der Waals surface area contributed by atoms with E-state index < -0.39 is 0 Å². The number of nitrogens with two attached hydrogens (primary N) is 1. The first-order valence-corrected chi connectivity index (χ1v) is 5.37. The summed E-state index contributed by atoms with van der Waals surface area (Å²) in [6.45, 7) is 0.793. The lowest BCUT2D eigenvalue weighted by atomic mass is 10.3. The summed E-state index contributed by atoms with van der Waals surface area (Å²) >= 11 is 0. The molecule has 0 amide bonds. The number of rotatable bonds is 4. The quantitative estimate of drug-likeness (QED) is 0.555. The summed E-state index contributed by atoms with van der Waals surface area (Å²) in [6, 6.07) is 2.74. The fraction of sp³-hybridized carbons (Fsp3) is 0.700. The van der Waals surface area contributed by atoms with Gasteiger partial charge in [0, 0.05) is 19.2 Å². The van der Waals surface area contributed by atoms with Crippen LogP contribution >= 0.6 is 0 Å². The first kappa shape index (κ1) is 9.68. The molecule has 0 aliphatic heterocycles. The second-order valence-corrected chi connectivity index (χ2v) is 3.93. The topological polar surface area (TPSA) is 55.9 Å². The average Bonchev–Trinajstić information content (AvgIpc) is 2.85. The largest absolute Gasteiger partial charge is 0.271 e. The zero-order valence-corrected chi connectivity index (χ0v) is 8.45. The molecule has 0 aromatic carbocycles. The van der Waals surface area contributed by atoms with Crippen LogP contribution in [0.1, 0.15) is 37.4 Å². The summed E-state index contributed by atoms with van der Waals surface area (Å²) in [5, 5.41) is 4.55. The van der Waals surface area contributed by atoms with Gasteiger partial charge >= 0.3 is 0 Å². The molecule has 0 radical (unpaired) electrons. The molecule has 4 nitrogen and oxygen atoms in total. The molecule has 1 aliphatic rings. The van der Waals surface area contributed by atoms with Crippen LogP contribution in [-0.2, 0) is 6.42 Å². The normalized spacial score (nSPS) is 17.8. The van der Waals surface area contributed by atoms with E-state index in [1.54, 1.807) is 0 Å². The van der Waals surface area contributed by atoms with Gasteiger partial charge in [-0.2, -0.15) is 5.10 Å². The van der Waals surface area contributed by atoms with Gasteiger partial charge in [0.05, 0.1) is 11.7 Å². The molecule has 2 rings (SSSR count). The Morgan fingerprint density at radius 1 is 1.50 bits per heavy atom. The SMILES string of the molecule is NNCCc1ccn(C2CCCC2)n1. The molecule has 1 aliphatic carbocycles. The van der Waals surface area contributed by atoms with E-state index in [9.17, 15) is 0 Å². The third-order valence-electron chi connectivity index (χ3n) is 2.89. The minimum atomic E-state index is 0.648. The van der Waals surface area contributed by atoms with E-state index in [2.05, 4.69) is 27.5 Å². The molecule has 1 aromatic rings. The number of nitrogens with one attached hydrogen (secondary N) is 1. The van der Waals surface area contributed by atoms with Crippen molar-refractivity contribution in [2.24, 2.45) is 5.84 Å². The predicted octanol–water partition coefficient (Wildman–Crippen LogP) is 1.00. The van der Waals surface area contributed by atoms with Gasteiger partial charge in [-0.1, -0.05) is 12.8 Å². The summed E-state index contributed by atoms with van der Waals surface area (Å²) < 4.78 is 2.12. The zero-order chi connectivity index (χ0) is 9.80. The van der Waals surface area contributed by atoms with Crippen molar-refractivity contribution < 1.29 is 0 Å². The van der Waals surface area contributed by atoms with E-state index in [1.807, 2.05) is 0 Å². The summed E-state index contributed by atoms with van der Waals surface area (Å²) in [7, 11) is 0. The Hall–Kier alpha value is -0.870. The van der Waals surface area contributed by atoms with Crippen molar-refractivity contribution in [1.82, 2.24) is 15.2 Å². The number of nitrogens with zero attached hydrogens (tertiary/aromatic N) is 2. The van der Waals surface area contributed by atoms with Crippen molar-refractivity contribution in [3.63, 3.8) is 0 Å². The van der Waals surface area contributed by atoms with Crippen LogP contribution < -0.4 is 11.3 Å². The Morgan fingerprint density at radius 3 is 3.00 bits per heavy atom. The Morgan fingerprint density at radius 2 is 2.29 bits per heavy atom. The van der Waals surface area contributed by atoms with Crippen LogP contribution in [0.4, 0.5) is 0 Å². The number of hydrogen-bond donors (Lipinski definition) is 2. The zero-order valence-electron chi connectivity index (χ0n) is 8.45. The molecular weight excluding hydrogens is 176 g/mol. The number of hydrogen-bond acceptors (Lipinski definition) is 3. The van der Waals surface area contributed by atoms with Crippen LogP contribution in [-0.4, -0.2) is 16.3 Å². The van der Waals surface area contributed by atoms with Crippen LogP contribution in [0.25, 0.3) is 0 Å². The van der Waals surface area contributed by atoms with Gasteiger partial charge < -0.3 is 0 Å². The van der Waals surface area contributed by atoms with Gasteiger partial charge in [-0.3, -0.25) is 16.0 Å². The lowest BCUT2D eigenvalue weighted by Crippen LogP contribution is -2.24. The summed E-state index contributed by atoms with van der Waals surface area (Å²) in [5.74, 6) is 5.22. The molecule has 1 heterocycles. The molecule has 4 heteroatoms. The Balaban J connectivity index is 1.94. The van der Waals surface area contributed by atoms with Gasteiger partial charge in [-0.05, 0) is 18.9 Å². The van der Waals surface area contributed by atoms with Crippen LogP contribution in [0, 0.1) is 0 Å². The van der Waals surface area contributed by atoms with Crippen molar-refractivity contribution in [1.29, 1.82) is 0 Å². The molecule has 0 spiro atoms. The second-order valence-electron chi connectivity index (χ2n) is 3.93. The average molecular weight is 194 g/mol. The molecule has 0 bridgehead atoms. The number of aromatic nitrogens is 2. The highest BCUT2D eigenvalue weighted by Crippen LogP contribution is 2.28. The summed E-state index contributed by atoms with van der Waals surface area (Å²) in [4.78, 5) is 0. The first-order valence-electron chi connectivity index (χ1n) is 5.37. The van der Waals surface area contributed by atoms with Gasteiger partial charge in [0.15, 0.2) is 0 Å². The Bertz CT molecular complexity index is 275. The maximum absolute atomic E-state index is 5.22. The van der Waals surface area contributed by atoms with Crippen LogP contribution in [0.15, 0.2) is 12.3 Å². The highest BCUT2D eigenvalue weighted by molar-refractivity contribution is 5.00. The molecule has 3 N–H and O–H groups in total. The minimum absolute atomic E-state index is 0.648. The predicted molar refractivity (Wildman–Crippen MR) is 55.6 cm³/mol. The second kappa shape index (κ2) is 4.57. The van der Waals surface area contributed by atoms with E-state index in [1.165, 1.54) is 25.7 Å². The van der Waals surface area contributed by atoms with Gasteiger partial charge in [0.1, 0.15) is 0 Å². The third kappa shape index (κ3) is 2.13. The van der Waals surface area contributed by atoms with Crippen LogP contribution in [0.5, 0.6) is 0 Å². The fourth-order valence-corrected chi connectivity index (χ4v) is 2.08. The minimum Gasteiger partial charge on any atom is -0.271 e. The fourth-order valence-electron chi connectivity index (χ4n) is 2.08. The molecule has 0 atom stereocenters. The molecule has 78 valence electrons. The van der Waals surface area contributed by atoms with E-state index in [0.717, 1.165) is 18.7 Å². The van der Waals surface area contributed by atoms with Crippen LogP contribution in [0.2, 0.25) is 0 Å². The molecule has 1 aromatic heterocycles. The number of hydrazine groups is 1. The molecule has 14 heavy (non-hydrogen) atoms. The van der Waals surface area contributed by atoms with E-state index in [4.69, 9.17) is 5.84 Å². The molecular formula is C10H18N4. The van der Waals surface area contributed by atoms with E-state index in [-0.39, 0.29) is 0 Å². The summed E-state index contributed by atoms with van der Waals surface area (Å²) in [6.07, 6.45) is 8.29. The Labute approximate surface area is 84.4 Å². The maximum Gasteiger partial charge on any atom is 0.0637 e. The van der Waals surface area contributed by atoms with Gasteiger partial charge in [0.2, 0.25) is 0 Å². The smallest absolute Gasteiger partial charge is 0.0637 e. The molecule has 1 saturated carbocycles. The third-order valence-corrected chi connectivity index (χ3v) is 2.89. The van der Waals surface area contributed by atoms with Gasteiger partial charge in [0.25, 0.3) is 0 Å². The molecule has 1 fully saturated rings. The van der Waals surface area contributed by atoms with Gasteiger partial charge in [-0.15, -0.1) is 0 Å². The highest BCUT2D eigenvalue weighted by atomic mass is 15.3. The first-order chi connectivity index (χ1) is 6.90. The van der Waals surface area contributed by atoms with Crippen molar-refractivity contribution in [3.05, 3.63) is 18.0 Å². The van der Waals surface area contributed by atoms with E-state index in [0.29, 0.717) is 6.04 Å². The standard InChI is InChI=1S/C10H18N4/c11-12-7-5-9-6-8-14(13-9)10-3-1-2-4-10/h6,8,10,12H,1-5,7,11H2. The van der Waals surface area contributed by atoms with Crippen molar-refractivity contribution in [2.75, 3.05) is 6.54 Å². The molecule has 0 unspecified atom stereocenters. The monoisotopic (exact) mass is 194 g/mol. The van der Waals surface area contributed by atoms with Crippen LogP contribution in [0.3, 0.4) is 0 Å². The van der Waals surface area contributed by atoms with Crippen molar-refractivity contribution in [2.45, 2.75) is 38.1 Å². The van der Waals surface area contributed by atoms with E-state index >= 15 is 0 Å². The van der Waals surface area contributed by atoms with Crippen molar-refractivity contribution >= 4 is 0 Å².